The molecule has 1 aromatic rings. The van der Waals surface area contributed by atoms with E-state index >= 15 is 0 Å². The van der Waals surface area contributed by atoms with Crippen LogP contribution in [0.3, 0.4) is 0 Å². The van der Waals surface area contributed by atoms with Crippen LogP contribution >= 0.6 is 0 Å². The molecule has 4 heteroatoms. The van der Waals surface area contributed by atoms with E-state index in [2.05, 4.69) is 19.7 Å². The fraction of sp³-hybridized carbons (Fsp3) is 0.833. The van der Waals surface area contributed by atoms with E-state index in [-0.39, 0.29) is 0 Å². The maximum Gasteiger partial charge on any atom is 0.119 e. The lowest BCUT2D eigenvalue weighted by atomic mass is 10.1. The van der Waals surface area contributed by atoms with Crippen molar-refractivity contribution in [3.8, 4) is 0 Å². The first-order valence-electron chi connectivity index (χ1n) is 6.51. The van der Waals surface area contributed by atoms with E-state index < -0.39 is 0 Å². The maximum atomic E-state index is 3.90. The van der Waals surface area contributed by atoms with Gasteiger partial charge in [0.25, 0.3) is 0 Å². The van der Waals surface area contributed by atoms with E-state index in [1.807, 2.05) is 12.7 Å². The van der Waals surface area contributed by atoms with E-state index in [1.54, 1.807) is 0 Å². The Balaban J connectivity index is 1.60. The highest BCUT2D eigenvalue weighted by molar-refractivity contribution is 4.88. The smallest absolute Gasteiger partial charge is 0.119 e. The molecule has 1 saturated heterocycles. The molecule has 2 heterocycles. The van der Waals surface area contributed by atoms with Crippen LogP contribution in [0.4, 0.5) is 0 Å². The lowest BCUT2D eigenvalue weighted by Crippen LogP contribution is -2.37. The van der Waals surface area contributed by atoms with Crippen molar-refractivity contribution in [3.05, 3.63) is 12.7 Å². The van der Waals surface area contributed by atoms with Crippen LogP contribution in [0.15, 0.2) is 12.7 Å². The molecule has 0 amide bonds. The van der Waals surface area contributed by atoms with Crippen LogP contribution in [-0.4, -0.2) is 38.8 Å². The maximum absolute atomic E-state index is 3.90. The molecule has 1 aromatic heterocycles. The number of piperidine rings is 1. The van der Waals surface area contributed by atoms with Crippen LogP contribution in [0.25, 0.3) is 0 Å². The van der Waals surface area contributed by atoms with Crippen LogP contribution in [0, 0.1) is 0 Å². The highest BCUT2D eigenvalue weighted by Crippen LogP contribution is 2.33. The Kier molecular flexibility index (Phi) is 2.91. The zero-order valence-corrected chi connectivity index (χ0v) is 9.76. The third kappa shape index (κ3) is 1.98. The number of aromatic nitrogens is 3. The fourth-order valence-electron chi connectivity index (χ4n) is 3.22. The van der Waals surface area contributed by atoms with Crippen molar-refractivity contribution in [1.29, 1.82) is 0 Å². The molecule has 2 atom stereocenters. The number of hydrogen-bond acceptors (Lipinski definition) is 3. The molecule has 0 aromatic carbocycles. The van der Waals surface area contributed by atoms with Gasteiger partial charge in [0, 0.05) is 12.1 Å². The Labute approximate surface area is 96.7 Å². The summed E-state index contributed by atoms with van der Waals surface area (Å²) in [4.78, 5) is 2.70. The lowest BCUT2D eigenvalue weighted by molar-refractivity contribution is 0.162. The minimum absolute atomic E-state index is 0.641. The number of rotatable bonds is 2. The van der Waals surface area contributed by atoms with E-state index in [4.69, 9.17) is 0 Å². The number of nitrogens with zero attached hydrogens (tertiary/aromatic N) is 4. The normalized spacial score (nSPS) is 32.0. The molecule has 16 heavy (non-hydrogen) atoms. The SMILES string of the molecule is c1nncn1[C@H]1CCC(N2CCCCC2)C1. The van der Waals surface area contributed by atoms with Crippen LogP contribution in [0.5, 0.6) is 0 Å². The third-order valence-electron chi connectivity index (χ3n) is 4.14. The van der Waals surface area contributed by atoms with E-state index in [1.165, 1.54) is 51.6 Å². The van der Waals surface area contributed by atoms with Gasteiger partial charge in [0.1, 0.15) is 12.7 Å². The second-order valence-corrected chi connectivity index (χ2v) is 5.13. The van der Waals surface area contributed by atoms with Gasteiger partial charge in [0.15, 0.2) is 0 Å². The van der Waals surface area contributed by atoms with Gasteiger partial charge in [-0.25, -0.2) is 0 Å². The quantitative estimate of drug-likeness (QED) is 0.763. The Morgan fingerprint density at radius 2 is 1.56 bits per heavy atom. The van der Waals surface area contributed by atoms with Crippen molar-refractivity contribution in [3.63, 3.8) is 0 Å². The zero-order chi connectivity index (χ0) is 10.8. The molecule has 4 nitrogen and oxygen atoms in total. The van der Waals surface area contributed by atoms with Crippen LogP contribution in [0.2, 0.25) is 0 Å². The summed E-state index contributed by atoms with van der Waals surface area (Å²) in [5.74, 6) is 0. The second-order valence-electron chi connectivity index (χ2n) is 5.13. The Morgan fingerprint density at radius 3 is 2.31 bits per heavy atom. The Hall–Kier alpha value is -0.900. The first kappa shape index (κ1) is 10.3. The summed E-state index contributed by atoms with van der Waals surface area (Å²) in [6.45, 7) is 2.64. The molecule has 0 bridgehead atoms. The van der Waals surface area contributed by atoms with Crippen molar-refractivity contribution in [2.75, 3.05) is 13.1 Å². The molecule has 1 aliphatic carbocycles. The summed E-state index contributed by atoms with van der Waals surface area (Å²) in [6, 6.07) is 1.45. The summed E-state index contributed by atoms with van der Waals surface area (Å²) in [7, 11) is 0. The second kappa shape index (κ2) is 4.53. The van der Waals surface area contributed by atoms with Crippen molar-refractivity contribution >= 4 is 0 Å². The van der Waals surface area contributed by atoms with E-state index in [0.29, 0.717) is 6.04 Å². The molecule has 1 aliphatic heterocycles. The standard InChI is InChI=1S/C12H20N4/c1-2-6-15(7-3-1)11-4-5-12(8-11)16-9-13-14-10-16/h9-12H,1-8H2/t11?,12-/m0/s1. The predicted molar refractivity (Wildman–Crippen MR) is 62.1 cm³/mol. The Bertz CT molecular complexity index is 316. The first-order chi connectivity index (χ1) is 7.93. The molecule has 1 saturated carbocycles. The molecule has 1 unspecified atom stereocenters. The van der Waals surface area contributed by atoms with Crippen LogP contribution in [0.1, 0.15) is 44.6 Å². The van der Waals surface area contributed by atoms with Gasteiger partial charge < -0.3 is 9.47 Å². The minimum atomic E-state index is 0.641. The fourth-order valence-corrected chi connectivity index (χ4v) is 3.22. The summed E-state index contributed by atoms with van der Waals surface area (Å²) >= 11 is 0. The predicted octanol–water partition coefficient (Wildman–Crippen LogP) is 1.86. The molecule has 3 rings (SSSR count). The van der Waals surface area contributed by atoms with Crippen LogP contribution in [-0.2, 0) is 0 Å². The monoisotopic (exact) mass is 220 g/mol. The highest BCUT2D eigenvalue weighted by Gasteiger charge is 2.30. The van der Waals surface area contributed by atoms with E-state index in [0.717, 1.165) is 6.04 Å². The molecule has 88 valence electrons. The van der Waals surface area contributed by atoms with Gasteiger partial charge >= 0.3 is 0 Å². The van der Waals surface area contributed by atoms with Gasteiger partial charge in [0.2, 0.25) is 0 Å². The first-order valence-corrected chi connectivity index (χ1v) is 6.51. The zero-order valence-electron chi connectivity index (χ0n) is 9.76. The summed E-state index contributed by atoms with van der Waals surface area (Å²) in [6.07, 6.45) is 11.9. The Morgan fingerprint density at radius 1 is 0.875 bits per heavy atom. The summed E-state index contributed by atoms with van der Waals surface area (Å²) < 4.78 is 2.18. The minimum Gasteiger partial charge on any atom is -0.317 e. The molecule has 0 spiro atoms. The van der Waals surface area contributed by atoms with Crippen molar-refractivity contribution in [2.45, 2.75) is 50.6 Å². The third-order valence-corrected chi connectivity index (χ3v) is 4.14. The molecule has 0 N–H and O–H groups in total. The molecular formula is C12H20N4. The van der Waals surface area contributed by atoms with Crippen LogP contribution < -0.4 is 0 Å². The highest BCUT2D eigenvalue weighted by atomic mass is 15.3. The summed E-state index contributed by atoms with van der Waals surface area (Å²) in [5.41, 5.74) is 0. The number of likely N-dealkylation sites (tertiary alicyclic amines) is 1. The van der Waals surface area contributed by atoms with E-state index in [9.17, 15) is 0 Å². The van der Waals surface area contributed by atoms with Crippen molar-refractivity contribution in [1.82, 2.24) is 19.7 Å². The summed E-state index contributed by atoms with van der Waals surface area (Å²) in [5, 5.41) is 7.81. The van der Waals surface area contributed by atoms with Crippen molar-refractivity contribution in [2.24, 2.45) is 0 Å². The topological polar surface area (TPSA) is 34.0 Å². The van der Waals surface area contributed by atoms with Gasteiger partial charge in [-0.3, -0.25) is 0 Å². The lowest BCUT2D eigenvalue weighted by Gasteiger charge is -2.32. The van der Waals surface area contributed by atoms with Gasteiger partial charge in [-0.15, -0.1) is 10.2 Å². The molecule has 2 aliphatic rings. The largest absolute Gasteiger partial charge is 0.317 e. The molecule has 0 radical (unpaired) electrons. The molecule has 2 fully saturated rings. The van der Waals surface area contributed by atoms with Gasteiger partial charge in [-0.05, 0) is 45.2 Å². The van der Waals surface area contributed by atoms with Gasteiger partial charge in [-0.2, -0.15) is 0 Å². The van der Waals surface area contributed by atoms with Crippen molar-refractivity contribution < 1.29 is 0 Å². The number of hydrogen-bond donors (Lipinski definition) is 0. The van der Waals surface area contributed by atoms with Gasteiger partial charge in [0.05, 0.1) is 0 Å². The van der Waals surface area contributed by atoms with Gasteiger partial charge in [-0.1, -0.05) is 6.42 Å². The average Bonchev–Trinajstić information content (AvgIpc) is 3.01. The average molecular weight is 220 g/mol. The molecular weight excluding hydrogens is 200 g/mol.